The fourth-order valence-corrected chi connectivity index (χ4v) is 2.44. The summed E-state index contributed by atoms with van der Waals surface area (Å²) in [5.74, 6) is -0.176. The van der Waals surface area contributed by atoms with Crippen molar-refractivity contribution in [3.05, 3.63) is 83.9 Å². The summed E-state index contributed by atoms with van der Waals surface area (Å²) in [4.78, 5) is 12.1. The van der Waals surface area contributed by atoms with Crippen LogP contribution < -0.4 is 10.2 Å². The number of amides is 1. The van der Waals surface area contributed by atoms with Crippen molar-refractivity contribution in [1.29, 1.82) is 0 Å². The Morgan fingerprint density at radius 3 is 2.38 bits per heavy atom. The molecule has 5 nitrogen and oxygen atoms in total. The number of benzene rings is 3. The second-order valence-electron chi connectivity index (χ2n) is 5.57. The summed E-state index contributed by atoms with van der Waals surface area (Å²) in [6.07, 6.45) is 1.57. The van der Waals surface area contributed by atoms with Gasteiger partial charge in [0.1, 0.15) is 0 Å². The van der Waals surface area contributed by atoms with Gasteiger partial charge in [-0.25, -0.2) is 5.43 Å². The molecule has 3 rings (SSSR count). The lowest BCUT2D eigenvalue weighted by Crippen LogP contribution is -2.17. The first-order chi connectivity index (χ1) is 12.7. The van der Waals surface area contributed by atoms with Crippen LogP contribution in [-0.2, 0) is 0 Å². The average Bonchev–Trinajstić information content (AvgIpc) is 2.69. The average molecular weight is 346 g/mol. The number of nitrogens with zero attached hydrogens (tertiary/aromatic N) is 1. The number of nitrogens with one attached hydrogen (secondary N) is 1. The third-order valence-corrected chi connectivity index (χ3v) is 3.84. The van der Waals surface area contributed by atoms with Gasteiger partial charge in [-0.3, -0.25) is 4.79 Å². The van der Waals surface area contributed by atoms with Gasteiger partial charge in [-0.15, -0.1) is 0 Å². The highest BCUT2D eigenvalue weighted by molar-refractivity contribution is 5.95. The molecular weight excluding hydrogens is 328 g/mol. The molecule has 1 amide bonds. The molecule has 0 spiro atoms. The standard InChI is InChI=1S/C21H18N2O3/c1-26-20-13-18(11-12-19(20)24)21(25)23-22-14-15-7-9-17(10-8-15)16-5-3-2-4-6-16/h2-14,24H,1H3,(H,23,25)/b22-14+. The molecule has 0 radical (unpaired) electrons. The Balaban J connectivity index is 1.64. The minimum atomic E-state index is -0.388. The molecular formula is C21H18N2O3. The lowest BCUT2D eigenvalue weighted by molar-refractivity contribution is 0.0954. The Bertz CT molecular complexity index is 920. The summed E-state index contributed by atoms with van der Waals surface area (Å²) in [5.41, 5.74) is 5.93. The van der Waals surface area contributed by atoms with Crippen molar-refractivity contribution in [3.8, 4) is 22.6 Å². The Kier molecular flexibility index (Phi) is 5.29. The van der Waals surface area contributed by atoms with Crippen LogP contribution in [0, 0.1) is 0 Å². The van der Waals surface area contributed by atoms with Crippen molar-refractivity contribution in [2.24, 2.45) is 5.10 Å². The first-order valence-electron chi connectivity index (χ1n) is 8.03. The summed E-state index contributed by atoms with van der Waals surface area (Å²) in [7, 11) is 1.42. The number of hydrogen-bond acceptors (Lipinski definition) is 4. The first-order valence-corrected chi connectivity index (χ1v) is 8.03. The van der Waals surface area contributed by atoms with Gasteiger partial charge < -0.3 is 9.84 Å². The van der Waals surface area contributed by atoms with Gasteiger partial charge in [0.25, 0.3) is 5.91 Å². The molecule has 0 aliphatic heterocycles. The zero-order valence-corrected chi connectivity index (χ0v) is 14.2. The Labute approximate surface area is 151 Å². The number of phenolic OH excluding ortho intramolecular Hbond substituents is 1. The minimum absolute atomic E-state index is 0.0222. The number of rotatable bonds is 5. The van der Waals surface area contributed by atoms with E-state index < -0.39 is 0 Å². The molecule has 0 saturated carbocycles. The highest BCUT2D eigenvalue weighted by Crippen LogP contribution is 2.26. The van der Waals surface area contributed by atoms with Crippen LogP contribution in [0.2, 0.25) is 0 Å². The highest BCUT2D eigenvalue weighted by Gasteiger charge is 2.08. The van der Waals surface area contributed by atoms with Gasteiger partial charge >= 0.3 is 0 Å². The van der Waals surface area contributed by atoms with Crippen molar-refractivity contribution < 1.29 is 14.6 Å². The van der Waals surface area contributed by atoms with Crippen LogP contribution in [0.3, 0.4) is 0 Å². The van der Waals surface area contributed by atoms with E-state index >= 15 is 0 Å². The van der Waals surface area contributed by atoms with Crippen LogP contribution in [-0.4, -0.2) is 24.3 Å². The van der Waals surface area contributed by atoms with E-state index in [4.69, 9.17) is 4.74 Å². The van der Waals surface area contributed by atoms with Crippen molar-refractivity contribution in [3.63, 3.8) is 0 Å². The van der Waals surface area contributed by atoms with E-state index in [2.05, 4.69) is 22.7 Å². The lowest BCUT2D eigenvalue weighted by Gasteiger charge is -2.05. The second kappa shape index (κ2) is 7.98. The van der Waals surface area contributed by atoms with Crippen LogP contribution >= 0.6 is 0 Å². The van der Waals surface area contributed by atoms with Gasteiger partial charge in [0.15, 0.2) is 11.5 Å². The predicted molar refractivity (Wildman–Crippen MR) is 102 cm³/mol. The fourth-order valence-electron chi connectivity index (χ4n) is 2.44. The monoisotopic (exact) mass is 346 g/mol. The smallest absolute Gasteiger partial charge is 0.271 e. The quantitative estimate of drug-likeness (QED) is 0.545. The summed E-state index contributed by atoms with van der Waals surface area (Å²) in [6.45, 7) is 0. The molecule has 0 saturated heterocycles. The minimum Gasteiger partial charge on any atom is -0.504 e. The SMILES string of the molecule is COc1cc(C(=O)N/N=C/c2ccc(-c3ccccc3)cc2)ccc1O. The molecule has 0 aliphatic carbocycles. The fraction of sp³-hybridized carbons (Fsp3) is 0.0476. The molecule has 0 heterocycles. The second-order valence-corrected chi connectivity index (χ2v) is 5.57. The summed E-state index contributed by atoms with van der Waals surface area (Å²) >= 11 is 0. The molecule has 2 N–H and O–H groups in total. The summed E-state index contributed by atoms with van der Waals surface area (Å²) in [5, 5.41) is 13.5. The van der Waals surface area contributed by atoms with Crippen LogP contribution in [0.15, 0.2) is 77.9 Å². The topological polar surface area (TPSA) is 70.9 Å². The van der Waals surface area contributed by atoms with Crippen molar-refractivity contribution >= 4 is 12.1 Å². The normalized spacial score (nSPS) is 10.7. The van der Waals surface area contributed by atoms with Gasteiger partial charge in [0, 0.05) is 5.56 Å². The third kappa shape index (κ3) is 4.08. The summed E-state index contributed by atoms with van der Waals surface area (Å²) < 4.78 is 4.99. The number of hydrogen-bond donors (Lipinski definition) is 2. The number of methoxy groups -OCH3 is 1. The van der Waals surface area contributed by atoms with Crippen molar-refractivity contribution in [1.82, 2.24) is 5.43 Å². The number of aromatic hydroxyl groups is 1. The van der Waals surface area contributed by atoms with E-state index in [1.165, 1.54) is 25.3 Å². The van der Waals surface area contributed by atoms with E-state index in [9.17, 15) is 9.90 Å². The van der Waals surface area contributed by atoms with Gasteiger partial charge in [0.2, 0.25) is 0 Å². The van der Waals surface area contributed by atoms with E-state index in [1.807, 2.05) is 42.5 Å². The van der Waals surface area contributed by atoms with E-state index in [0.717, 1.165) is 16.7 Å². The maximum Gasteiger partial charge on any atom is 0.271 e. The lowest BCUT2D eigenvalue weighted by atomic mass is 10.0. The number of phenols is 1. The van der Waals surface area contributed by atoms with Gasteiger partial charge in [-0.2, -0.15) is 5.10 Å². The highest BCUT2D eigenvalue weighted by atomic mass is 16.5. The molecule has 0 aromatic heterocycles. The molecule has 26 heavy (non-hydrogen) atoms. The maximum absolute atomic E-state index is 12.1. The molecule has 5 heteroatoms. The Hall–Kier alpha value is -3.60. The van der Waals surface area contributed by atoms with Crippen LogP contribution in [0.25, 0.3) is 11.1 Å². The van der Waals surface area contributed by atoms with Crippen LogP contribution in [0.5, 0.6) is 11.5 Å². The predicted octanol–water partition coefficient (Wildman–Crippen LogP) is 3.83. The van der Waals surface area contributed by atoms with E-state index in [0.29, 0.717) is 5.56 Å². The molecule has 130 valence electrons. The van der Waals surface area contributed by atoms with Gasteiger partial charge in [0.05, 0.1) is 13.3 Å². The van der Waals surface area contributed by atoms with Crippen molar-refractivity contribution in [2.45, 2.75) is 0 Å². The zero-order chi connectivity index (χ0) is 18.4. The van der Waals surface area contributed by atoms with Crippen LogP contribution in [0.4, 0.5) is 0 Å². The first kappa shape index (κ1) is 17.2. The third-order valence-electron chi connectivity index (χ3n) is 3.84. The Morgan fingerprint density at radius 1 is 1.00 bits per heavy atom. The number of hydrazone groups is 1. The van der Waals surface area contributed by atoms with Gasteiger partial charge in [-0.1, -0.05) is 54.6 Å². The van der Waals surface area contributed by atoms with Crippen LogP contribution in [0.1, 0.15) is 15.9 Å². The number of ether oxygens (including phenoxy) is 1. The number of carbonyl (C=O) groups is 1. The molecule has 0 atom stereocenters. The zero-order valence-electron chi connectivity index (χ0n) is 14.2. The van der Waals surface area contributed by atoms with E-state index in [1.54, 1.807) is 6.21 Å². The number of carbonyl (C=O) groups excluding carboxylic acids is 1. The molecule has 0 unspecified atom stereocenters. The van der Waals surface area contributed by atoms with Gasteiger partial charge in [-0.05, 0) is 34.9 Å². The molecule has 0 bridgehead atoms. The van der Waals surface area contributed by atoms with E-state index in [-0.39, 0.29) is 17.4 Å². The Morgan fingerprint density at radius 2 is 1.69 bits per heavy atom. The molecule has 3 aromatic carbocycles. The molecule has 0 aliphatic rings. The molecule has 0 fully saturated rings. The molecule has 3 aromatic rings. The summed E-state index contributed by atoms with van der Waals surface area (Å²) in [6, 6.07) is 22.3. The largest absolute Gasteiger partial charge is 0.504 e. The maximum atomic E-state index is 12.1. The van der Waals surface area contributed by atoms with Crippen molar-refractivity contribution in [2.75, 3.05) is 7.11 Å².